The zero-order chi connectivity index (χ0) is 28.5. The molecular weight excluding hydrogens is 591 g/mol. The van der Waals surface area contributed by atoms with Crippen LogP contribution in [0.25, 0.3) is 10.9 Å². The highest BCUT2D eigenvalue weighted by Gasteiger charge is 2.33. The van der Waals surface area contributed by atoms with Gasteiger partial charge in [-0.1, -0.05) is 17.7 Å². The van der Waals surface area contributed by atoms with E-state index in [9.17, 15) is 21.6 Å². The molecule has 1 aromatic carbocycles. The number of hydrogen-bond acceptors (Lipinski definition) is 12. The summed E-state index contributed by atoms with van der Waals surface area (Å²) < 4.78 is 62.7. The number of nitrogens with zero attached hydrogens (tertiary/aromatic N) is 3. The molecule has 10 nitrogen and oxygen atoms in total. The second kappa shape index (κ2) is 14.3. The van der Waals surface area contributed by atoms with E-state index in [0.29, 0.717) is 12.8 Å². The Morgan fingerprint density at radius 3 is 2.34 bits per heavy atom. The third kappa shape index (κ3) is 7.46. The van der Waals surface area contributed by atoms with Gasteiger partial charge >= 0.3 is 16.1 Å². The molecule has 15 heteroatoms. The molecular formula is C23H29N3O7S5. The van der Waals surface area contributed by atoms with Crippen LogP contribution in [0.15, 0.2) is 47.5 Å². The molecule has 3 heterocycles. The van der Waals surface area contributed by atoms with Gasteiger partial charge in [0.25, 0.3) is 0 Å². The Labute approximate surface area is 237 Å². The van der Waals surface area contributed by atoms with Crippen molar-refractivity contribution in [3.8, 4) is 5.75 Å². The number of carbonyl (C=O) groups excluding carboxylic acids is 1. The molecule has 0 unspecified atom stereocenters. The number of hydrogen-bond donors (Lipinski definition) is 2. The Bertz CT molecular complexity index is 1460. The summed E-state index contributed by atoms with van der Waals surface area (Å²) in [6.07, 6.45) is 6.09. The first-order chi connectivity index (χ1) is 18.1. The largest absolute Gasteiger partial charge is 0.464 e. The molecule has 0 bridgehead atoms. The van der Waals surface area contributed by atoms with Crippen LogP contribution in [0.2, 0.25) is 0 Å². The topological polar surface area (TPSA) is 133 Å². The lowest BCUT2D eigenvalue weighted by molar-refractivity contribution is 0.0592. The van der Waals surface area contributed by atoms with Gasteiger partial charge in [-0.05, 0) is 56.5 Å². The summed E-state index contributed by atoms with van der Waals surface area (Å²) in [5, 5.41) is 0.227. The predicted molar refractivity (Wildman–Crippen MR) is 158 cm³/mol. The van der Waals surface area contributed by atoms with Crippen molar-refractivity contribution in [2.45, 2.75) is 24.7 Å². The number of fused-ring (bicyclic) bond motifs is 1. The Kier molecular flexibility index (Phi) is 12.0. The molecule has 2 aromatic heterocycles. The fourth-order valence-corrected chi connectivity index (χ4v) is 6.03. The summed E-state index contributed by atoms with van der Waals surface area (Å²) in [6, 6.07) is 9.06. The highest BCUT2D eigenvalue weighted by Crippen LogP contribution is 2.37. The lowest BCUT2D eigenvalue weighted by Crippen LogP contribution is -2.38. The van der Waals surface area contributed by atoms with Crippen LogP contribution in [0.1, 0.15) is 28.9 Å². The lowest BCUT2D eigenvalue weighted by atomic mass is 10.2. The van der Waals surface area contributed by atoms with Crippen molar-refractivity contribution in [2.24, 2.45) is 0 Å². The molecule has 1 aliphatic rings. The summed E-state index contributed by atoms with van der Waals surface area (Å²) >= 11 is 7.23. The van der Waals surface area contributed by atoms with Gasteiger partial charge in [0.1, 0.15) is 10.4 Å². The van der Waals surface area contributed by atoms with E-state index >= 15 is 0 Å². The van der Waals surface area contributed by atoms with Gasteiger partial charge in [0, 0.05) is 18.1 Å². The molecule has 208 valence electrons. The molecule has 0 atom stereocenters. The zero-order valence-electron chi connectivity index (χ0n) is 21.2. The van der Waals surface area contributed by atoms with Gasteiger partial charge in [0.15, 0.2) is 11.5 Å². The summed E-state index contributed by atoms with van der Waals surface area (Å²) in [4.78, 5) is 20.9. The average molecular weight is 620 g/mol. The smallest absolute Gasteiger partial charge is 0.360 e. The molecule has 38 heavy (non-hydrogen) atoms. The number of benzene rings is 1. The van der Waals surface area contributed by atoms with Crippen LogP contribution in [0.3, 0.4) is 0 Å². The summed E-state index contributed by atoms with van der Waals surface area (Å²) in [7, 11) is -5.50. The van der Waals surface area contributed by atoms with Crippen molar-refractivity contribution in [2.75, 3.05) is 36.2 Å². The quantitative estimate of drug-likeness (QED) is 0.186. The van der Waals surface area contributed by atoms with Gasteiger partial charge in [0.05, 0.1) is 12.9 Å². The van der Waals surface area contributed by atoms with Crippen LogP contribution in [-0.2, 0) is 24.9 Å². The maximum Gasteiger partial charge on any atom is 0.360 e. The lowest BCUT2D eigenvalue weighted by Gasteiger charge is -2.28. The molecule has 0 radical (unpaired) electrons. The van der Waals surface area contributed by atoms with E-state index in [0.717, 1.165) is 17.0 Å². The predicted octanol–water partition coefficient (Wildman–Crippen LogP) is 4.16. The zero-order valence-corrected chi connectivity index (χ0v) is 25.4. The van der Waals surface area contributed by atoms with Crippen molar-refractivity contribution < 1.29 is 30.6 Å². The Morgan fingerprint density at radius 1 is 1.13 bits per heavy atom. The average Bonchev–Trinajstić information content (AvgIpc) is 2.90. The number of aryl methyl sites for hydroxylation is 1. The fraction of sp³-hybridized carbons (Fsp3) is 0.348. The number of anilines is 1. The number of esters is 1. The SMILES string of the molecule is COC(=O)c1nc(N2CCCCS2(=O)=O)c2cccnc2c1OS(=O)(=O)c1ccc(C)cc1.CS.CSS. The summed E-state index contributed by atoms with van der Waals surface area (Å²) in [6.45, 7) is 1.98. The van der Waals surface area contributed by atoms with Crippen molar-refractivity contribution in [1.82, 2.24) is 9.97 Å². The number of methoxy groups -OCH3 is 1. The minimum atomic E-state index is -4.37. The Morgan fingerprint density at radius 2 is 1.76 bits per heavy atom. The molecule has 0 N–H and O–H groups in total. The number of carbonyl (C=O) groups is 1. The van der Waals surface area contributed by atoms with Crippen LogP contribution in [0.4, 0.5) is 5.82 Å². The molecule has 0 saturated carbocycles. The minimum absolute atomic E-state index is 0.0284. The Balaban J connectivity index is 0.000000947. The van der Waals surface area contributed by atoms with Gasteiger partial charge in [-0.15, -0.1) is 22.5 Å². The maximum atomic E-state index is 13.0. The van der Waals surface area contributed by atoms with E-state index in [-0.39, 0.29) is 33.9 Å². The Hall–Kier alpha value is -2.20. The second-order valence-electron chi connectivity index (χ2n) is 7.63. The second-order valence-corrected chi connectivity index (χ2v) is 12.7. The molecule has 0 aliphatic carbocycles. The minimum Gasteiger partial charge on any atom is -0.464 e. The molecule has 0 spiro atoms. The third-order valence-corrected chi connectivity index (χ3v) is 8.23. The van der Waals surface area contributed by atoms with E-state index in [2.05, 4.69) is 34.3 Å². The molecule has 3 aromatic rings. The van der Waals surface area contributed by atoms with Gasteiger partial charge < -0.3 is 8.92 Å². The van der Waals surface area contributed by atoms with Crippen LogP contribution < -0.4 is 8.49 Å². The first-order valence-electron chi connectivity index (χ1n) is 11.1. The van der Waals surface area contributed by atoms with Gasteiger partial charge in [-0.3, -0.25) is 9.29 Å². The fourth-order valence-electron chi connectivity index (χ4n) is 3.49. The number of thiol groups is 2. The maximum absolute atomic E-state index is 13.0. The van der Waals surface area contributed by atoms with Crippen molar-refractivity contribution in [1.29, 1.82) is 0 Å². The van der Waals surface area contributed by atoms with E-state index in [1.54, 1.807) is 37.4 Å². The standard InChI is InChI=1S/C21H21N3O7S2.CH4S2.CH4S/c1-14-7-9-15(10-8-14)33(28,29)31-19-17-16(6-5-11-22-17)20(23-18(19)21(25)30-2)24-12-3-4-13-32(24,26)27;1-3-2;1-2/h5-11H,3-4,12-13H2,1-2H3;2H,1H3;2H,1H3. The number of ether oxygens (including phenoxy) is 1. The van der Waals surface area contributed by atoms with E-state index in [4.69, 9.17) is 8.92 Å². The molecule has 1 fully saturated rings. The molecule has 4 rings (SSSR count). The number of rotatable bonds is 5. The monoisotopic (exact) mass is 619 g/mol. The van der Waals surface area contributed by atoms with Gasteiger partial charge in [0.2, 0.25) is 15.8 Å². The highest BCUT2D eigenvalue weighted by molar-refractivity contribution is 8.68. The highest BCUT2D eigenvalue weighted by atomic mass is 33.1. The van der Waals surface area contributed by atoms with E-state index < -0.39 is 37.6 Å². The van der Waals surface area contributed by atoms with E-state index in [1.807, 2.05) is 6.26 Å². The number of aromatic nitrogens is 2. The van der Waals surface area contributed by atoms with Crippen LogP contribution in [-0.4, -0.2) is 64.7 Å². The van der Waals surface area contributed by atoms with Gasteiger partial charge in [-0.2, -0.15) is 21.0 Å². The van der Waals surface area contributed by atoms with Crippen LogP contribution >= 0.6 is 35.1 Å². The van der Waals surface area contributed by atoms with E-state index in [1.165, 1.54) is 29.1 Å². The normalized spacial score (nSPS) is 14.4. The number of sulfonamides is 1. The summed E-state index contributed by atoms with van der Waals surface area (Å²) in [5.41, 5.74) is 0.333. The van der Waals surface area contributed by atoms with Crippen molar-refractivity contribution >= 4 is 77.9 Å². The molecule has 0 amide bonds. The van der Waals surface area contributed by atoms with Gasteiger partial charge in [-0.25, -0.2) is 18.2 Å². The number of pyridine rings is 2. The molecule has 1 saturated heterocycles. The molecule has 1 aliphatic heterocycles. The first-order valence-corrected chi connectivity index (χ1v) is 17.3. The van der Waals surface area contributed by atoms with Crippen LogP contribution in [0.5, 0.6) is 5.75 Å². The summed E-state index contributed by atoms with van der Waals surface area (Å²) in [5.74, 6) is -1.52. The third-order valence-electron chi connectivity index (χ3n) is 5.16. The van der Waals surface area contributed by atoms with Crippen molar-refractivity contribution in [3.05, 3.63) is 53.9 Å². The van der Waals surface area contributed by atoms with Crippen molar-refractivity contribution in [3.63, 3.8) is 0 Å². The van der Waals surface area contributed by atoms with Crippen LogP contribution in [0, 0.1) is 6.92 Å². The first kappa shape index (κ1) is 32.0.